The fourth-order valence-corrected chi connectivity index (χ4v) is 3.37. The highest BCUT2D eigenvalue weighted by atomic mass is 32.2. The van der Waals surface area contributed by atoms with Crippen molar-refractivity contribution in [1.29, 1.82) is 0 Å². The zero-order valence-electron chi connectivity index (χ0n) is 13.8. The van der Waals surface area contributed by atoms with Gasteiger partial charge >= 0.3 is 0 Å². The molecule has 2 aromatic rings. The monoisotopic (exact) mass is 380 g/mol. The summed E-state index contributed by atoms with van der Waals surface area (Å²) in [6, 6.07) is 13.8. The lowest BCUT2D eigenvalue weighted by atomic mass is 10.1. The average molecular weight is 380 g/mol. The minimum absolute atomic E-state index is 0.0611. The number of thioether (sulfide) groups is 1. The van der Waals surface area contributed by atoms with Crippen molar-refractivity contribution in [2.45, 2.75) is 16.2 Å². The molecular formula is C17H20N2O4S2. The topological polar surface area (TPSA) is 98.5 Å². The molecule has 3 N–H and O–H groups in total. The second-order valence-corrected chi connectivity index (χ2v) is 7.87. The van der Waals surface area contributed by atoms with Gasteiger partial charge < -0.3 is 10.1 Å². The third kappa shape index (κ3) is 6.41. The summed E-state index contributed by atoms with van der Waals surface area (Å²) in [6.07, 6.45) is 0.612. The Kier molecular flexibility index (Phi) is 6.86. The van der Waals surface area contributed by atoms with Gasteiger partial charge in [-0.1, -0.05) is 18.2 Å². The molecule has 25 heavy (non-hydrogen) atoms. The Hall–Kier alpha value is -2.03. The SMILES string of the molecule is COc1cccc(SCC(=O)NCCc2ccc(S(N)(=O)=O)cc2)c1. The number of nitrogens with one attached hydrogen (secondary N) is 1. The Morgan fingerprint density at radius 2 is 1.92 bits per heavy atom. The molecule has 0 bridgehead atoms. The number of carbonyl (C=O) groups is 1. The van der Waals surface area contributed by atoms with Crippen molar-refractivity contribution in [2.24, 2.45) is 5.14 Å². The molecule has 0 spiro atoms. The molecule has 0 saturated carbocycles. The maximum atomic E-state index is 11.9. The second-order valence-electron chi connectivity index (χ2n) is 5.26. The Labute approximate surface area is 151 Å². The predicted octanol–water partition coefficient (Wildman–Crippen LogP) is 1.79. The Balaban J connectivity index is 1.75. The van der Waals surface area contributed by atoms with Crippen LogP contribution in [0.25, 0.3) is 0 Å². The molecule has 134 valence electrons. The zero-order valence-corrected chi connectivity index (χ0v) is 15.4. The van der Waals surface area contributed by atoms with E-state index in [0.717, 1.165) is 16.2 Å². The molecule has 6 nitrogen and oxygen atoms in total. The number of primary sulfonamides is 1. The van der Waals surface area contributed by atoms with Crippen molar-refractivity contribution in [2.75, 3.05) is 19.4 Å². The van der Waals surface area contributed by atoms with Gasteiger partial charge in [0.2, 0.25) is 15.9 Å². The molecule has 2 aromatic carbocycles. The molecular weight excluding hydrogens is 360 g/mol. The Bertz CT molecular complexity index is 821. The fourth-order valence-electron chi connectivity index (χ4n) is 2.08. The highest BCUT2D eigenvalue weighted by Crippen LogP contribution is 2.22. The van der Waals surface area contributed by atoms with Gasteiger partial charge in [-0.3, -0.25) is 4.79 Å². The number of benzene rings is 2. The van der Waals surface area contributed by atoms with Gasteiger partial charge in [0.15, 0.2) is 0 Å². The first-order chi connectivity index (χ1) is 11.9. The molecule has 0 fully saturated rings. The van der Waals surface area contributed by atoms with Crippen LogP contribution >= 0.6 is 11.8 Å². The number of amides is 1. The largest absolute Gasteiger partial charge is 0.497 e. The molecule has 1 amide bonds. The lowest BCUT2D eigenvalue weighted by molar-refractivity contribution is -0.118. The maximum Gasteiger partial charge on any atom is 0.238 e. The average Bonchev–Trinajstić information content (AvgIpc) is 2.60. The van der Waals surface area contributed by atoms with Crippen molar-refractivity contribution < 1.29 is 17.9 Å². The summed E-state index contributed by atoms with van der Waals surface area (Å²) in [7, 11) is -2.07. The molecule has 0 aliphatic rings. The van der Waals surface area contributed by atoms with Gasteiger partial charge in [0.25, 0.3) is 0 Å². The number of hydrogen-bond acceptors (Lipinski definition) is 5. The molecule has 0 radical (unpaired) electrons. The first kappa shape index (κ1) is 19.3. The van der Waals surface area contributed by atoms with Crippen LogP contribution in [0.15, 0.2) is 58.3 Å². The van der Waals surface area contributed by atoms with Crippen LogP contribution in [0.1, 0.15) is 5.56 Å². The predicted molar refractivity (Wildman–Crippen MR) is 98.2 cm³/mol. The van der Waals surface area contributed by atoms with E-state index in [1.54, 1.807) is 19.2 Å². The van der Waals surface area contributed by atoms with Gasteiger partial charge in [0.05, 0.1) is 17.8 Å². The summed E-state index contributed by atoms with van der Waals surface area (Å²) in [6.45, 7) is 0.478. The van der Waals surface area contributed by atoms with E-state index in [-0.39, 0.29) is 10.8 Å². The van der Waals surface area contributed by atoms with Crippen molar-refractivity contribution in [3.8, 4) is 5.75 Å². The van der Waals surface area contributed by atoms with Gasteiger partial charge in [-0.25, -0.2) is 13.6 Å². The van der Waals surface area contributed by atoms with Gasteiger partial charge in [-0.05, 0) is 42.3 Å². The van der Waals surface area contributed by atoms with Crippen LogP contribution in [0, 0.1) is 0 Å². The first-order valence-electron chi connectivity index (χ1n) is 7.54. The summed E-state index contributed by atoms with van der Waals surface area (Å²) >= 11 is 1.44. The van der Waals surface area contributed by atoms with Gasteiger partial charge in [0, 0.05) is 11.4 Å². The van der Waals surface area contributed by atoms with Gasteiger partial charge in [-0.15, -0.1) is 11.8 Å². The first-order valence-corrected chi connectivity index (χ1v) is 10.1. The number of ether oxygens (including phenoxy) is 1. The molecule has 2 rings (SSSR count). The number of hydrogen-bond donors (Lipinski definition) is 2. The van der Waals surface area contributed by atoms with E-state index in [1.165, 1.54) is 23.9 Å². The van der Waals surface area contributed by atoms with Crippen molar-refractivity contribution >= 4 is 27.7 Å². The smallest absolute Gasteiger partial charge is 0.238 e. The quantitative estimate of drug-likeness (QED) is 0.681. The van der Waals surface area contributed by atoms with Crippen LogP contribution in [-0.2, 0) is 21.2 Å². The summed E-state index contributed by atoms with van der Waals surface area (Å²) < 4.78 is 27.5. The molecule has 0 atom stereocenters. The van der Waals surface area contributed by atoms with Crippen LogP contribution in [-0.4, -0.2) is 33.7 Å². The molecule has 0 saturated heterocycles. The zero-order chi connectivity index (χ0) is 18.3. The normalized spacial score (nSPS) is 11.1. The lowest BCUT2D eigenvalue weighted by Gasteiger charge is -2.07. The summed E-state index contributed by atoms with van der Waals surface area (Å²) in [4.78, 5) is 12.9. The van der Waals surface area contributed by atoms with Gasteiger partial charge in [0.1, 0.15) is 5.75 Å². The molecule has 8 heteroatoms. The van der Waals surface area contributed by atoms with Crippen LogP contribution in [0.4, 0.5) is 0 Å². The highest BCUT2D eigenvalue weighted by Gasteiger charge is 2.07. The van der Waals surface area contributed by atoms with Crippen molar-refractivity contribution in [3.63, 3.8) is 0 Å². The van der Waals surface area contributed by atoms with Gasteiger partial charge in [-0.2, -0.15) is 0 Å². The molecule has 0 aromatic heterocycles. The van der Waals surface area contributed by atoms with E-state index in [4.69, 9.17) is 9.88 Å². The Morgan fingerprint density at radius 1 is 1.20 bits per heavy atom. The van der Waals surface area contributed by atoms with E-state index >= 15 is 0 Å². The molecule has 0 aliphatic carbocycles. The fraction of sp³-hybridized carbons (Fsp3) is 0.235. The van der Waals surface area contributed by atoms with E-state index in [1.807, 2.05) is 24.3 Å². The number of methoxy groups -OCH3 is 1. The molecule has 0 aliphatic heterocycles. The number of rotatable bonds is 8. The number of nitrogens with two attached hydrogens (primary N) is 1. The molecule has 0 heterocycles. The van der Waals surface area contributed by atoms with E-state index < -0.39 is 10.0 Å². The van der Waals surface area contributed by atoms with E-state index in [2.05, 4.69) is 5.32 Å². The van der Waals surface area contributed by atoms with Crippen LogP contribution in [0.3, 0.4) is 0 Å². The minimum Gasteiger partial charge on any atom is -0.497 e. The van der Waals surface area contributed by atoms with E-state index in [9.17, 15) is 13.2 Å². The highest BCUT2D eigenvalue weighted by molar-refractivity contribution is 8.00. The van der Waals surface area contributed by atoms with E-state index in [0.29, 0.717) is 18.7 Å². The summed E-state index contributed by atoms with van der Waals surface area (Å²) in [5, 5.41) is 7.89. The second kappa shape index (κ2) is 8.89. The molecule has 0 unspecified atom stereocenters. The summed E-state index contributed by atoms with van der Waals surface area (Å²) in [5.41, 5.74) is 0.924. The summed E-state index contributed by atoms with van der Waals surface area (Å²) in [5.74, 6) is 1.01. The van der Waals surface area contributed by atoms with Crippen LogP contribution < -0.4 is 15.2 Å². The third-order valence-electron chi connectivity index (χ3n) is 3.40. The lowest BCUT2D eigenvalue weighted by Crippen LogP contribution is -2.27. The standard InChI is InChI=1S/C17H20N2O4S2/c1-23-14-3-2-4-15(11-14)24-12-17(20)19-10-9-13-5-7-16(8-6-13)25(18,21)22/h2-8,11H,9-10,12H2,1H3,(H,19,20)(H2,18,21,22). The number of sulfonamides is 1. The third-order valence-corrected chi connectivity index (χ3v) is 5.32. The Morgan fingerprint density at radius 3 is 2.56 bits per heavy atom. The van der Waals surface area contributed by atoms with Crippen molar-refractivity contribution in [3.05, 3.63) is 54.1 Å². The maximum absolute atomic E-state index is 11.9. The van der Waals surface area contributed by atoms with Crippen molar-refractivity contribution in [1.82, 2.24) is 5.32 Å². The number of carbonyl (C=O) groups excluding carboxylic acids is 1. The van der Waals surface area contributed by atoms with Crippen LogP contribution in [0.5, 0.6) is 5.75 Å². The minimum atomic E-state index is -3.67. The van der Waals surface area contributed by atoms with Crippen LogP contribution in [0.2, 0.25) is 0 Å².